The highest BCUT2D eigenvalue weighted by Crippen LogP contribution is 2.40. The Labute approximate surface area is 157 Å². The molecule has 8 heteroatoms. The molecule has 2 aromatic carbocycles. The fraction of sp³-hybridized carbons (Fsp3) is 0.150. The van der Waals surface area contributed by atoms with Gasteiger partial charge >= 0.3 is 0 Å². The highest BCUT2D eigenvalue weighted by molar-refractivity contribution is 5.86. The third-order valence-electron chi connectivity index (χ3n) is 4.65. The maximum Gasteiger partial charge on any atom is 0.161 e. The highest BCUT2D eigenvalue weighted by Gasteiger charge is 2.29. The van der Waals surface area contributed by atoms with Crippen molar-refractivity contribution in [2.75, 3.05) is 0 Å². The van der Waals surface area contributed by atoms with Crippen molar-refractivity contribution in [1.29, 1.82) is 0 Å². The zero-order chi connectivity index (χ0) is 20.0. The number of hydrogen-bond donors (Lipinski definition) is 2. The first-order valence-corrected chi connectivity index (χ1v) is 8.61. The SMILES string of the molecule is N/C=C(\C=C(/N)c1ccc(F)c(F)c1)c1nc2cc(F)c(F)cc2n1C1CC1. The van der Waals surface area contributed by atoms with Crippen LogP contribution in [0.3, 0.4) is 0 Å². The van der Waals surface area contributed by atoms with E-state index in [2.05, 4.69) is 4.98 Å². The number of nitrogens with zero attached hydrogens (tertiary/aromatic N) is 2. The van der Waals surface area contributed by atoms with Crippen LogP contribution in [0.2, 0.25) is 0 Å². The topological polar surface area (TPSA) is 69.9 Å². The average Bonchev–Trinajstić information content (AvgIpc) is 3.44. The molecule has 1 heterocycles. The molecule has 4 nitrogen and oxygen atoms in total. The van der Waals surface area contributed by atoms with E-state index in [-0.39, 0.29) is 17.3 Å². The van der Waals surface area contributed by atoms with Crippen LogP contribution in [0.5, 0.6) is 0 Å². The van der Waals surface area contributed by atoms with Gasteiger partial charge in [-0.15, -0.1) is 0 Å². The van der Waals surface area contributed by atoms with E-state index in [9.17, 15) is 17.6 Å². The smallest absolute Gasteiger partial charge is 0.161 e. The van der Waals surface area contributed by atoms with Gasteiger partial charge in [0.25, 0.3) is 0 Å². The Morgan fingerprint density at radius 2 is 1.68 bits per heavy atom. The number of halogens is 4. The molecular weight excluding hydrogens is 372 g/mol. The highest BCUT2D eigenvalue weighted by atomic mass is 19.2. The quantitative estimate of drug-likeness (QED) is 0.519. The van der Waals surface area contributed by atoms with Crippen molar-refractivity contribution in [1.82, 2.24) is 9.55 Å². The second-order valence-electron chi connectivity index (χ2n) is 6.64. The number of aromatic nitrogens is 2. The number of benzene rings is 2. The van der Waals surface area contributed by atoms with Crippen LogP contribution in [-0.4, -0.2) is 9.55 Å². The van der Waals surface area contributed by atoms with Crippen molar-refractivity contribution in [3.63, 3.8) is 0 Å². The van der Waals surface area contributed by atoms with Gasteiger partial charge in [-0.3, -0.25) is 0 Å². The predicted molar refractivity (Wildman–Crippen MR) is 98.6 cm³/mol. The summed E-state index contributed by atoms with van der Waals surface area (Å²) in [5.74, 6) is -3.56. The third kappa shape index (κ3) is 3.11. The van der Waals surface area contributed by atoms with Crippen LogP contribution in [0.1, 0.15) is 30.3 Å². The molecule has 1 aliphatic rings. The molecule has 0 radical (unpaired) electrons. The predicted octanol–water partition coefficient (Wildman–Crippen LogP) is 4.23. The van der Waals surface area contributed by atoms with Crippen LogP contribution in [0.15, 0.2) is 42.6 Å². The fourth-order valence-electron chi connectivity index (χ4n) is 3.11. The number of imidazole rings is 1. The fourth-order valence-corrected chi connectivity index (χ4v) is 3.11. The molecule has 0 amide bonds. The van der Waals surface area contributed by atoms with Gasteiger partial charge in [0.15, 0.2) is 23.3 Å². The molecule has 1 saturated carbocycles. The number of allylic oxidation sites excluding steroid dienone is 2. The van der Waals surface area contributed by atoms with Crippen molar-refractivity contribution in [2.24, 2.45) is 11.5 Å². The van der Waals surface area contributed by atoms with Gasteiger partial charge in [-0.2, -0.15) is 0 Å². The zero-order valence-electron chi connectivity index (χ0n) is 14.6. The summed E-state index contributed by atoms with van der Waals surface area (Å²) in [5.41, 5.74) is 13.3. The van der Waals surface area contributed by atoms with Gasteiger partial charge in [0, 0.05) is 41.2 Å². The van der Waals surface area contributed by atoms with E-state index in [0.29, 0.717) is 22.4 Å². The Balaban J connectivity index is 1.83. The van der Waals surface area contributed by atoms with E-state index in [4.69, 9.17) is 11.5 Å². The van der Waals surface area contributed by atoms with Crippen LogP contribution in [-0.2, 0) is 0 Å². The molecule has 1 fully saturated rings. The van der Waals surface area contributed by atoms with Crippen LogP contribution in [0.25, 0.3) is 22.3 Å². The molecule has 0 aliphatic heterocycles. The lowest BCUT2D eigenvalue weighted by molar-refractivity contribution is 0.508. The minimum absolute atomic E-state index is 0.0951. The molecule has 0 unspecified atom stereocenters. The first-order chi connectivity index (χ1) is 13.4. The van der Waals surface area contributed by atoms with Crippen LogP contribution in [0, 0.1) is 23.3 Å². The van der Waals surface area contributed by atoms with Crippen molar-refractivity contribution >= 4 is 22.3 Å². The Morgan fingerprint density at radius 1 is 1.00 bits per heavy atom. The van der Waals surface area contributed by atoms with Crippen LogP contribution < -0.4 is 11.5 Å². The van der Waals surface area contributed by atoms with E-state index in [1.54, 1.807) is 4.57 Å². The second kappa shape index (κ2) is 6.70. The van der Waals surface area contributed by atoms with Gasteiger partial charge in [0.05, 0.1) is 11.0 Å². The summed E-state index contributed by atoms with van der Waals surface area (Å²) in [6, 6.07) is 5.52. The summed E-state index contributed by atoms with van der Waals surface area (Å²) in [6.07, 6.45) is 4.48. The van der Waals surface area contributed by atoms with Gasteiger partial charge in [0.2, 0.25) is 0 Å². The molecule has 4 rings (SSSR count). The maximum atomic E-state index is 13.8. The van der Waals surface area contributed by atoms with E-state index in [1.165, 1.54) is 18.3 Å². The van der Waals surface area contributed by atoms with Crippen LogP contribution >= 0.6 is 0 Å². The normalized spacial score (nSPS) is 15.4. The first-order valence-electron chi connectivity index (χ1n) is 8.61. The third-order valence-corrected chi connectivity index (χ3v) is 4.65. The summed E-state index contributed by atoms with van der Waals surface area (Å²) < 4.78 is 55.8. The molecule has 28 heavy (non-hydrogen) atoms. The zero-order valence-corrected chi connectivity index (χ0v) is 14.6. The lowest BCUT2D eigenvalue weighted by atomic mass is 10.1. The molecule has 1 aliphatic carbocycles. The average molecular weight is 388 g/mol. The number of hydrogen-bond acceptors (Lipinski definition) is 3. The summed E-state index contributed by atoms with van der Waals surface area (Å²) in [5, 5.41) is 0. The molecule has 144 valence electrons. The summed E-state index contributed by atoms with van der Waals surface area (Å²) in [4.78, 5) is 4.40. The summed E-state index contributed by atoms with van der Waals surface area (Å²) in [7, 11) is 0. The molecule has 0 saturated heterocycles. The second-order valence-corrected chi connectivity index (χ2v) is 6.64. The Hall–Kier alpha value is -3.29. The molecule has 3 aromatic rings. The molecule has 4 N–H and O–H groups in total. The largest absolute Gasteiger partial charge is 0.404 e. The molecule has 0 atom stereocenters. The van der Waals surface area contributed by atoms with Gasteiger partial charge in [-0.1, -0.05) is 0 Å². The standard InChI is InChI=1S/C20H16F4N4/c21-13-4-1-10(5-14(13)22)17(26)6-11(9-25)20-27-18-7-15(23)16(24)8-19(18)28(20)12-2-3-12/h1,4-9,12H,2-3,25-26H2/b11-9+,17-6-. The lowest BCUT2D eigenvalue weighted by Crippen LogP contribution is -2.04. The Kier molecular flexibility index (Phi) is 4.33. The Bertz CT molecular complexity index is 1140. The minimum Gasteiger partial charge on any atom is -0.404 e. The van der Waals surface area contributed by atoms with Crippen molar-refractivity contribution in [3.05, 3.63) is 77.3 Å². The lowest BCUT2D eigenvalue weighted by Gasteiger charge is -2.10. The number of nitrogens with two attached hydrogens (primary N) is 2. The van der Waals surface area contributed by atoms with Gasteiger partial charge in [0.1, 0.15) is 5.82 Å². The van der Waals surface area contributed by atoms with Crippen molar-refractivity contribution < 1.29 is 17.6 Å². The summed E-state index contributed by atoms with van der Waals surface area (Å²) in [6.45, 7) is 0. The minimum atomic E-state index is -1.02. The maximum absolute atomic E-state index is 13.8. The Morgan fingerprint density at radius 3 is 2.32 bits per heavy atom. The van der Waals surface area contributed by atoms with E-state index in [0.717, 1.165) is 37.1 Å². The number of rotatable bonds is 4. The van der Waals surface area contributed by atoms with Crippen molar-refractivity contribution in [2.45, 2.75) is 18.9 Å². The van der Waals surface area contributed by atoms with E-state index in [1.807, 2.05) is 0 Å². The molecule has 0 spiro atoms. The number of fused-ring (bicyclic) bond motifs is 1. The molecular formula is C20H16F4N4. The van der Waals surface area contributed by atoms with Gasteiger partial charge in [-0.05, 0) is 37.1 Å². The summed E-state index contributed by atoms with van der Waals surface area (Å²) >= 11 is 0. The molecule has 0 bridgehead atoms. The van der Waals surface area contributed by atoms with E-state index >= 15 is 0 Å². The van der Waals surface area contributed by atoms with Gasteiger partial charge < -0.3 is 16.0 Å². The van der Waals surface area contributed by atoms with Crippen LogP contribution in [0.4, 0.5) is 17.6 Å². The molecule has 1 aromatic heterocycles. The van der Waals surface area contributed by atoms with E-state index < -0.39 is 23.3 Å². The van der Waals surface area contributed by atoms with Gasteiger partial charge in [-0.25, -0.2) is 22.5 Å². The monoisotopic (exact) mass is 388 g/mol. The first kappa shape index (κ1) is 18.1. The van der Waals surface area contributed by atoms with Crippen molar-refractivity contribution in [3.8, 4) is 0 Å².